The molecule has 0 amide bonds. The van der Waals surface area contributed by atoms with Crippen LogP contribution < -0.4 is 0 Å². The van der Waals surface area contributed by atoms with E-state index in [1.54, 1.807) is 0 Å². The molecule has 4 heavy (non-hydrogen) atoms. The quantitative estimate of drug-likeness (QED) is 0.371. The molecule has 0 atom stereocenters. The van der Waals surface area contributed by atoms with Crippen molar-refractivity contribution in [2.75, 3.05) is 0 Å². The molecule has 0 N–H and O–H groups in total. The van der Waals surface area contributed by atoms with Gasteiger partial charge in [-0.3, -0.25) is 0 Å². The molecule has 0 aromatic rings. The van der Waals surface area contributed by atoms with Crippen LogP contribution in [0, 0.1) is 0 Å². The lowest BCUT2D eigenvalue weighted by molar-refractivity contribution is -0.191. The van der Waals surface area contributed by atoms with Crippen LogP contribution in [-0.2, 0) is 15.1 Å². The molecule has 22 valence electrons. The Hall–Kier alpha value is -0.660. The summed E-state index contributed by atoms with van der Waals surface area (Å²) in [5.41, 5.74) is 0. The van der Waals surface area contributed by atoms with Gasteiger partial charge in [-0.15, -0.1) is 0 Å². The molecule has 0 heterocycles. The molecular formula is CO3. The molecule has 0 aromatic carbocycles. The molecule has 0 fully saturated rings. The highest BCUT2D eigenvalue weighted by Crippen LogP contribution is 0.787. The molecule has 0 spiro atoms. The fraction of sp³-hybridized carbons (Fsp3) is 0. The van der Waals surface area contributed by atoms with Crippen LogP contribution in [0.15, 0.2) is 0 Å². The van der Waals surface area contributed by atoms with Crippen molar-refractivity contribution in [3.05, 3.63) is 0 Å². The zero-order valence-electron chi connectivity index (χ0n) is 1.72. The first-order valence-corrected chi connectivity index (χ1v) is 0.408. The van der Waals surface area contributed by atoms with E-state index in [1.807, 2.05) is 0 Å². The van der Waals surface area contributed by atoms with E-state index < -0.39 is 0 Å². The summed E-state index contributed by atoms with van der Waals surface area (Å²) in [5, 5.41) is 0. The zero-order chi connectivity index (χ0) is 2.71. The summed E-state index contributed by atoms with van der Waals surface area (Å²) in [6.07, 6.45) is 0.250. The first-order valence-electron chi connectivity index (χ1n) is 0.408. The molecule has 0 aliphatic heterocycles. The molecule has 0 aliphatic rings. The Morgan fingerprint density at radius 2 is 1.25 bits per heavy atom. The molecule has 0 aliphatic carbocycles. The maximum Gasteiger partial charge on any atom is 0.373 e. The highest BCUT2D eigenvalue weighted by molar-refractivity contribution is 5.20. The van der Waals surface area contributed by atoms with Crippen LogP contribution in [0.2, 0.25) is 0 Å². The first-order chi connectivity index (χ1) is 1.41. The van der Waals surface area contributed by atoms with Gasteiger partial charge in [-0.05, 0) is 0 Å². The Morgan fingerprint density at radius 3 is 1.25 bits per heavy atom. The molecule has 2 radical (unpaired) electrons. The number of hydrogen-bond acceptors (Lipinski definition) is 2. The van der Waals surface area contributed by atoms with E-state index in [4.69, 9.17) is 9.59 Å². The van der Waals surface area contributed by atoms with Gasteiger partial charge in [0, 0.05) is 5.48 Å². The molecule has 0 unspecified atom stereocenters. The highest BCUT2D eigenvalue weighted by Gasteiger charge is 1.13. The van der Waals surface area contributed by atoms with Crippen molar-refractivity contribution >= 4 is 6.15 Å². The van der Waals surface area contributed by atoms with Gasteiger partial charge in [0.05, 0.1) is 0 Å². The maximum atomic E-state index is 8.12. The predicted octanol–water partition coefficient (Wildman–Crippen LogP) is -0.702. The maximum absolute atomic E-state index is 8.12. The lowest BCUT2D eigenvalue weighted by Gasteiger charge is -0.945. The van der Waals surface area contributed by atoms with Crippen LogP contribution in [0.3, 0.4) is 0 Å². The standard InChI is InChI=1S/CO2.O/c2-1-3;. The zero-order valence-corrected chi connectivity index (χ0v) is 1.72. The molecule has 0 saturated carbocycles. The molecule has 0 aromatic heterocycles. The third kappa shape index (κ3) is 0.356. The number of hydrogen-bond donors (Lipinski definition) is 0. The van der Waals surface area contributed by atoms with Crippen molar-refractivity contribution in [1.29, 1.82) is 0 Å². The minimum Gasteiger partial charge on any atom is -0.186 e. The second-order valence-corrected chi connectivity index (χ2v) is 0.0833. The topological polar surface area (TPSA) is 62.6 Å². The SMILES string of the molecule is O=C=O.[O]. The highest BCUT2D eigenvalue weighted by atomic mass is 16.2. The van der Waals surface area contributed by atoms with Crippen LogP contribution in [0.1, 0.15) is 0 Å². The summed E-state index contributed by atoms with van der Waals surface area (Å²) < 4.78 is 0. The summed E-state index contributed by atoms with van der Waals surface area (Å²) in [5.74, 6) is 0. The Morgan fingerprint density at radius 1 is 1.25 bits per heavy atom. The van der Waals surface area contributed by atoms with Gasteiger partial charge in [-0.2, -0.15) is 9.59 Å². The molecule has 0 saturated heterocycles. The average molecular weight is 60.0 g/mol. The molecule has 3 nitrogen and oxygen atoms in total. The lowest BCUT2D eigenvalue weighted by Crippen LogP contribution is -1.22. The van der Waals surface area contributed by atoms with Gasteiger partial charge in [-0.1, -0.05) is 0 Å². The lowest BCUT2D eigenvalue weighted by atomic mass is 11.8. The van der Waals surface area contributed by atoms with Crippen molar-refractivity contribution in [3.8, 4) is 0 Å². The van der Waals surface area contributed by atoms with Crippen molar-refractivity contribution in [3.63, 3.8) is 0 Å². The summed E-state index contributed by atoms with van der Waals surface area (Å²) in [6, 6.07) is 0. The Labute approximate surface area is 22.5 Å². The van der Waals surface area contributed by atoms with Crippen LogP contribution in [0.5, 0.6) is 0 Å². The van der Waals surface area contributed by atoms with Crippen LogP contribution in [0.4, 0.5) is 0 Å². The minimum absolute atomic E-state index is 0. The predicted molar refractivity (Wildman–Crippen MR) is 5.69 cm³/mol. The Balaban J connectivity index is 0. The van der Waals surface area contributed by atoms with E-state index in [9.17, 15) is 0 Å². The summed E-state index contributed by atoms with van der Waals surface area (Å²) >= 11 is 0. The number of carbonyl (C=O) groups excluding carboxylic acids is 2. The minimum atomic E-state index is 0. The van der Waals surface area contributed by atoms with Gasteiger partial charge in [0.1, 0.15) is 0 Å². The largest absolute Gasteiger partial charge is 0.373 e. The molecule has 0 bridgehead atoms. The van der Waals surface area contributed by atoms with E-state index in [2.05, 4.69) is 0 Å². The van der Waals surface area contributed by atoms with E-state index in [1.165, 1.54) is 0 Å². The Kier molecular flexibility index (Phi) is 92.5. The fourth-order valence-corrected chi connectivity index (χ4v) is 0. The normalized spacial score (nSPS) is 2.00. The van der Waals surface area contributed by atoms with Gasteiger partial charge in [0.15, 0.2) is 0 Å². The van der Waals surface area contributed by atoms with E-state index in [-0.39, 0.29) is 11.6 Å². The third-order valence-corrected chi connectivity index (χ3v) is 0. The van der Waals surface area contributed by atoms with Crippen molar-refractivity contribution in [1.82, 2.24) is 0 Å². The third-order valence-electron chi connectivity index (χ3n) is 0. The molecular weight excluding hydrogens is 60.0 g/mol. The second kappa shape index (κ2) is 36.3. The Bertz CT molecular complexity index is 24.3. The van der Waals surface area contributed by atoms with Gasteiger partial charge >= 0.3 is 6.15 Å². The van der Waals surface area contributed by atoms with Crippen molar-refractivity contribution in [2.45, 2.75) is 0 Å². The fourth-order valence-electron chi connectivity index (χ4n) is 0. The van der Waals surface area contributed by atoms with E-state index in [0.29, 0.717) is 0 Å². The van der Waals surface area contributed by atoms with Crippen molar-refractivity contribution < 1.29 is 15.1 Å². The van der Waals surface area contributed by atoms with Gasteiger partial charge in [0.25, 0.3) is 0 Å². The van der Waals surface area contributed by atoms with E-state index in [0.717, 1.165) is 0 Å². The summed E-state index contributed by atoms with van der Waals surface area (Å²) in [4.78, 5) is 16.2. The smallest absolute Gasteiger partial charge is 0.186 e. The molecule has 3 heteroatoms. The summed E-state index contributed by atoms with van der Waals surface area (Å²) in [7, 11) is 0. The first kappa shape index (κ1) is 10.2. The van der Waals surface area contributed by atoms with Crippen LogP contribution in [-0.4, -0.2) is 6.15 Å². The summed E-state index contributed by atoms with van der Waals surface area (Å²) in [6.45, 7) is 0. The van der Waals surface area contributed by atoms with E-state index >= 15 is 0 Å². The van der Waals surface area contributed by atoms with Gasteiger partial charge in [-0.25, -0.2) is 0 Å². The van der Waals surface area contributed by atoms with Crippen LogP contribution in [0.25, 0.3) is 0 Å². The van der Waals surface area contributed by atoms with Gasteiger partial charge in [0.2, 0.25) is 0 Å². The average Bonchev–Trinajstić information content (AvgIpc) is 0.918. The van der Waals surface area contributed by atoms with Crippen LogP contribution >= 0.6 is 0 Å². The monoisotopic (exact) mass is 60.0 g/mol. The van der Waals surface area contributed by atoms with Crippen molar-refractivity contribution in [2.24, 2.45) is 0 Å². The number of rotatable bonds is 0. The molecule has 0 rings (SSSR count). The van der Waals surface area contributed by atoms with Gasteiger partial charge < -0.3 is 0 Å². The second-order valence-electron chi connectivity index (χ2n) is 0.0833.